The van der Waals surface area contributed by atoms with Crippen LogP contribution in [-0.4, -0.2) is 0 Å². The molecule has 31 heavy (non-hydrogen) atoms. The Bertz CT molecular complexity index is 579. The van der Waals surface area contributed by atoms with Crippen LogP contribution in [0.5, 0.6) is 0 Å². The highest BCUT2D eigenvalue weighted by Crippen LogP contribution is 2.12. The maximum Gasteiger partial charge on any atom is 0.127 e. The average Bonchev–Trinajstić information content (AvgIpc) is 2.77. The Morgan fingerprint density at radius 1 is 0.548 bits per heavy atom. The highest BCUT2D eigenvalue weighted by molar-refractivity contribution is 5.28. The first kappa shape index (κ1) is 28.7. The molecule has 0 aromatic heterocycles. The van der Waals surface area contributed by atoms with E-state index in [0.29, 0.717) is 0 Å². The lowest BCUT2D eigenvalue weighted by Gasteiger charge is -2.06. The predicted octanol–water partition coefficient (Wildman–Crippen LogP) is 10.1. The summed E-state index contributed by atoms with van der Waals surface area (Å²) >= 11 is 0. The Balaban J connectivity index is 5.14. The highest BCUT2D eigenvalue weighted by atomic mass is 16.5. The highest BCUT2D eigenvalue weighted by Gasteiger charge is 1.96. The summed E-state index contributed by atoms with van der Waals surface area (Å²) in [7, 11) is 0. The van der Waals surface area contributed by atoms with Crippen LogP contribution in [0.3, 0.4) is 0 Å². The van der Waals surface area contributed by atoms with E-state index in [-0.39, 0.29) is 0 Å². The first-order valence-electron chi connectivity index (χ1n) is 12.3. The third-order valence-corrected chi connectivity index (χ3v) is 4.61. The van der Waals surface area contributed by atoms with Gasteiger partial charge in [-0.15, -0.1) is 0 Å². The second kappa shape index (κ2) is 24.0. The zero-order chi connectivity index (χ0) is 22.8. The van der Waals surface area contributed by atoms with E-state index < -0.39 is 0 Å². The van der Waals surface area contributed by atoms with E-state index in [1.54, 1.807) is 0 Å². The first-order chi connectivity index (χ1) is 15.3. The fourth-order valence-electron chi connectivity index (χ4n) is 2.80. The summed E-state index contributed by atoms with van der Waals surface area (Å²) in [6, 6.07) is 0. The summed E-state index contributed by atoms with van der Waals surface area (Å²) in [6.45, 7) is 8.52. The van der Waals surface area contributed by atoms with Crippen molar-refractivity contribution >= 4 is 0 Å². The predicted molar refractivity (Wildman–Crippen MR) is 141 cm³/mol. The van der Waals surface area contributed by atoms with Crippen molar-refractivity contribution in [1.82, 2.24) is 0 Å². The molecule has 0 unspecified atom stereocenters. The van der Waals surface area contributed by atoms with Gasteiger partial charge in [-0.3, -0.25) is 0 Å². The summed E-state index contributed by atoms with van der Waals surface area (Å²) in [5.41, 5.74) is 0. The monoisotopic (exact) mass is 422 g/mol. The second-order valence-electron chi connectivity index (χ2n) is 7.56. The van der Waals surface area contributed by atoms with E-state index in [0.717, 1.165) is 24.4 Å². The zero-order valence-corrected chi connectivity index (χ0v) is 20.6. The van der Waals surface area contributed by atoms with Crippen LogP contribution < -0.4 is 0 Å². The van der Waals surface area contributed by atoms with Crippen molar-refractivity contribution in [3.63, 3.8) is 0 Å². The Morgan fingerprint density at radius 3 is 1.39 bits per heavy atom. The van der Waals surface area contributed by atoms with Gasteiger partial charge in [-0.1, -0.05) is 113 Å². The number of ether oxygens (including phenoxy) is 1. The largest absolute Gasteiger partial charge is 0.457 e. The molecule has 0 fully saturated rings. The average molecular weight is 423 g/mol. The van der Waals surface area contributed by atoms with E-state index >= 15 is 0 Å². The standard InChI is InChI=1S/C30H46O/c1-5-9-13-15-17-19-23-27-29(25-21-11-7-3)31-30(26-22-12-8-4)28-24-20-18-16-14-10-6-2/h7-8,11-12,19-28H,5-6,9-10,13-18H2,1-4H3/b11-7+,12-8+,23-19+,24-20+,25-21+,26-22+,29-27+,30-28+. The van der Waals surface area contributed by atoms with Crippen molar-refractivity contribution in [2.24, 2.45) is 0 Å². The van der Waals surface area contributed by atoms with Gasteiger partial charge in [0.15, 0.2) is 0 Å². The van der Waals surface area contributed by atoms with E-state index in [2.05, 4.69) is 38.2 Å². The molecule has 0 bridgehead atoms. The zero-order valence-electron chi connectivity index (χ0n) is 20.6. The summed E-state index contributed by atoms with van der Waals surface area (Å²) in [5, 5.41) is 0. The van der Waals surface area contributed by atoms with Crippen molar-refractivity contribution in [3.8, 4) is 0 Å². The molecule has 0 amide bonds. The first-order valence-corrected chi connectivity index (χ1v) is 12.3. The van der Waals surface area contributed by atoms with E-state index in [1.807, 2.05) is 74.6 Å². The number of unbranched alkanes of at least 4 members (excludes halogenated alkanes) is 8. The van der Waals surface area contributed by atoms with Crippen LogP contribution in [0.25, 0.3) is 0 Å². The number of hydrogen-bond donors (Lipinski definition) is 0. The number of rotatable bonds is 18. The van der Waals surface area contributed by atoms with Crippen molar-refractivity contribution in [3.05, 3.63) is 96.6 Å². The molecule has 172 valence electrons. The molecule has 0 rings (SSSR count). The molecule has 0 N–H and O–H groups in total. The van der Waals surface area contributed by atoms with Crippen LogP contribution in [-0.2, 0) is 4.74 Å². The number of allylic oxidation sites excluding steroid dienone is 14. The Morgan fingerprint density at radius 2 is 1.00 bits per heavy atom. The lowest BCUT2D eigenvalue weighted by atomic mass is 10.1. The minimum absolute atomic E-state index is 0.829. The molecule has 1 heteroatoms. The van der Waals surface area contributed by atoms with Gasteiger partial charge in [0.1, 0.15) is 11.5 Å². The van der Waals surface area contributed by atoms with Crippen molar-refractivity contribution in [1.29, 1.82) is 0 Å². The molecule has 0 aliphatic rings. The Hall–Kier alpha value is -2.28. The van der Waals surface area contributed by atoms with Crippen LogP contribution in [0, 0.1) is 0 Å². The minimum Gasteiger partial charge on any atom is -0.457 e. The summed E-state index contributed by atoms with van der Waals surface area (Å²) < 4.78 is 6.21. The molecular formula is C30H46O. The molecule has 0 heterocycles. The maximum atomic E-state index is 6.21. The lowest BCUT2D eigenvalue weighted by Crippen LogP contribution is -1.88. The van der Waals surface area contributed by atoms with Crippen molar-refractivity contribution in [2.75, 3.05) is 0 Å². The van der Waals surface area contributed by atoms with Crippen molar-refractivity contribution in [2.45, 2.75) is 91.9 Å². The molecular weight excluding hydrogens is 376 g/mol. The maximum absolute atomic E-state index is 6.21. The topological polar surface area (TPSA) is 9.23 Å². The van der Waals surface area contributed by atoms with Gasteiger partial charge >= 0.3 is 0 Å². The van der Waals surface area contributed by atoms with Gasteiger partial charge in [0.25, 0.3) is 0 Å². The van der Waals surface area contributed by atoms with Gasteiger partial charge in [0, 0.05) is 0 Å². The molecule has 1 nitrogen and oxygen atoms in total. The van der Waals surface area contributed by atoms with Crippen LogP contribution in [0.4, 0.5) is 0 Å². The molecule has 0 atom stereocenters. The fraction of sp³-hybridized carbons (Fsp3) is 0.467. The Labute approximate surface area is 193 Å². The fourth-order valence-corrected chi connectivity index (χ4v) is 2.80. The van der Waals surface area contributed by atoms with Gasteiger partial charge < -0.3 is 4.74 Å². The van der Waals surface area contributed by atoms with Gasteiger partial charge in [-0.05, 0) is 63.8 Å². The third-order valence-electron chi connectivity index (χ3n) is 4.61. The molecule has 0 aromatic rings. The molecule has 0 saturated carbocycles. The molecule has 0 radical (unpaired) electrons. The van der Waals surface area contributed by atoms with Gasteiger partial charge in [0.05, 0.1) is 0 Å². The van der Waals surface area contributed by atoms with Crippen LogP contribution in [0.2, 0.25) is 0 Å². The quantitative estimate of drug-likeness (QED) is 0.121. The van der Waals surface area contributed by atoms with Crippen molar-refractivity contribution < 1.29 is 4.74 Å². The smallest absolute Gasteiger partial charge is 0.127 e. The molecule has 0 aromatic carbocycles. The number of hydrogen-bond acceptors (Lipinski definition) is 1. The van der Waals surface area contributed by atoms with Gasteiger partial charge in [-0.25, -0.2) is 0 Å². The Kier molecular flexibility index (Phi) is 22.2. The third kappa shape index (κ3) is 20.8. The minimum atomic E-state index is 0.829. The molecule has 0 spiro atoms. The lowest BCUT2D eigenvalue weighted by molar-refractivity contribution is 0.336. The van der Waals surface area contributed by atoms with E-state index in [9.17, 15) is 0 Å². The summed E-state index contributed by atoms with van der Waals surface area (Å²) in [4.78, 5) is 0. The molecule has 0 saturated heterocycles. The van der Waals surface area contributed by atoms with Crippen LogP contribution >= 0.6 is 0 Å². The molecule has 0 aliphatic heterocycles. The van der Waals surface area contributed by atoms with Crippen LogP contribution in [0.1, 0.15) is 91.9 Å². The van der Waals surface area contributed by atoms with Crippen LogP contribution in [0.15, 0.2) is 96.6 Å². The van der Waals surface area contributed by atoms with E-state index in [4.69, 9.17) is 4.74 Å². The second-order valence-corrected chi connectivity index (χ2v) is 7.56. The SMILES string of the molecule is C/C=C/C=C/C(=C\C=C\CCCCCC)OC(/C=C/C=C/C)=C/C=C/CCCCCC. The summed E-state index contributed by atoms with van der Waals surface area (Å²) in [6.07, 6.45) is 41.4. The van der Waals surface area contributed by atoms with Gasteiger partial charge in [0.2, 0.25) is 0 Å². The van der Waals surface area contributed by atoms with Gasteiger partial charge in [-0.2, -0.15) is 0 Å². The molecule has 0 aliphatic carbocycles. The van der Waals surface area contributed by atoms with E-state index in [1.165, 1.54) is 51.4 Å². The normalized spacial score (nSPS) is 14.1. The summed E-state index contributed by atoms with van der Waals surface area (Å²) in [5.74, 6) is 1.66.